The molecule has 2 aromatic heterocycles. The smallest absolute Gasteiger partial charge is 0.359 e. The lowest BCUT2D eigenvalue weighted by Gasteiger charge is -2.11. The van der Waals surface area contributed by atoms with Crippen molar-refractivity contribution in [2.24, 2.45) is 0 Å². The number of aromatic nitrogens is 3. The van der Waals surface area contributed by atoms with E-state index in [-0.39, 0.29) is 16.3 Å². The number of hydrogen-bond acceptors (Lipinski definition) is 7. The maximum atomic E-state index is 12.5. The van der Waals surface area contributed by atoms with Gasteiger partial charge in [-0.25, -0.2) is 14.5 Å². The molecular formula is C21H20ClN3O5. The monoisotopic (exact) mass is 429 g/mol. The van der Waals surface area contributed by atoms with Crippen LogP contribution in [0.2, 0.25) is 5.02 Å². The molecule has 8 nitrogen and oxygen atoms in total. The maximum absolute atomic E-state index is 12.5. The van der Waals surface area contributed by atoms with Crippen molar-refractivity contribution < 1.29 is 23.8 Å². The largest absolute Gasteiger partial charge is 0.497 e. The Balaban J connectivity index is 1.77. The topological polar surface area (TPSA) is 92.5 Å². The van der Waals surface area contributed by atoms with Gasteiger partial charge in [0.05, 0.1) is 30.5 Å². The van der Waals surface area contributed by atoms with Crippen LogP contribution in [0, 0.1) is 13.8 Å². The van der Waals surface area contributed by atoms with E-state index < -0.39 is 18.4 Å². The van der Waals surface area contributed by atoms with Crippen molar-refractivity contribution in [3.63, 3.8) is 0 Å². The third-order valence-corrected chi connectivity index (χ3v) is 4.60. The fourth-order valence-electron chi connectivity index (χ4n) is 2.86. The standard InChI is InChI=1S/C21H20ClN3O5/c1-12-9-13(2)25(24-12)19-8-7-16(22)20(23-19)21(27)30-11-17(26)15-6-5-14(28-3)10-18(15)29-4/h5-10H,11H2,1-4H3. The second-order valence-electron chi connectivity index (χ2n) is 6.40. The van der Waals surface area contributed by atoms with Crippen molar-refractivity contribution in [1.82, 2.24) is 14.8 Å². The lowest BCUT2D eigenvalue weighted by atomic mass is 10.1. The van der Waals surface area contributed by atoms with E-state index in [1.165, 1.54) is 20.3 Å². The number of carbonyl (C=O) groups excluding carboxylic acids is 2. The third-order valence-electron chi connectivity index (χ3n) is 4.29. The molecule has 0 atom stereocenters. The lowest BCUT2D eigenvalue weighted by molar-refractivity contribution is 0.0468. The Morgan fingerprint density at radius 2 is 1.83 bits per heavy atom. The second kappa shape index (κ2) is 8.96. The summed E-state index contributed by atoms with van der Waals surface area (Å²) in [5.41, 5.74) is 1.83. The van der Waals surface area contributed by atoms with E-state index in [1.54, 1.807) is 28.9 Å². The summed E-state index contributed by atoms with van der Waals surface area (Å²) in [6.45, 7) is 3.23. The average Bonchev–Trinajstić information content (AvgIpc) is 3.09. The molecule has 3 rings (SSSR count). The molecule has 0 N–H and O–H groups in total. The summed E-state index contributed by atoms with van der Waals surface area (Å²) in [4.78, 5) is 29.3. The molecule has 0 aliphatic rings. The lowest BCUT2D eigenvalue weighted by Crippen LogP contribution is -2.17. The van der Waals surface area contributed by atoms with Gasteiger partial charge < -0.3 is 14.2 Å². The number of pyridine rings is 1. The van der Waals surface area contributed by atoms with Crippen LogP contribution < -0.4 is 9.47 Å². The van der Waals surface area contributed by atoms with E-state index >= 15 is 0 Å². The first-order valence-corrected chi connectivity index (χ1v) is 9.34. The highest BCUT2D eigenvalue weighted by Crippen LogP contribution is 2.25. The molecule has 0 aliphatic carbocycles. The van der Waals surface area contributed by atoms with Crippen molar-refractivity contribution >= 4 is 23.4 Å². The Hall–Kier alpha value is -3.39. The van der Waals surface area contributed by atoms with Crippen LogP contribution >= 0.6 is 11.6 Å². The molecule has 156 valence electrons. The fraction of sp³-hybridized carbons (Fsp3) is 0.238. The normalized spacial score (nSPS) is 10.6. The van der Waals surface area contributed by atoms with E-state index in [1.807, 2.05) is 19.9 Å². The van der Waals surface area contributed by atoms with Crippen molar-refractivity contribution in [2.45, 2.75) is 13.8 Å². The zero-order chi connectivity index (χ0) is 21.8. The fourth-order valence-corrected chi connectivity index (χ4v) is 3.04. The zero-order valence-corrected chi connectivity index (χ0v) is 17.7. The van der Waals surface area contributed by atoms with Crippen molar-refractivity contribution in [1.29, 1.82) is 0 Å². The maximum Gasteiger partial charge on any atom is 0.359 e. The summed E-state index contributed by atoms with van der Waals surface area (Å²) in [5, 5.41) is 4.45. The van der Waals surface area contributed by atoms with Gasteiger partial charge >= 0.3 is 5.97 Å². The second-order valence-corrected chi connectivity index (χ2v) is 6.81. The van der Waals surface area contributed by atoms with Gasteiger partial charge in [0, 0.05) is 11.8 Å². The summed E-state index contributed by atoms with van der Waals surface area (Å²) >= 11 is 6.13. The first-order valence-electron chi connectivity index (χ1n) is 8.96. The summed E-state index contributed by atoms with van der Waals surface area (Å²) < 4.78 is 17.1. The molecule has 3 aromatic rings. The highest BCUT2D eigenvalue weighted by Gasteiger charge is 2.20. The molecule has 0 spiro atoms. The average molecular weight is 430 g/mol. The van der Waals surface area contributed by atoms with Crippen molar-refractivity contribution in [2.75, 3.05) is 20.8 Å². The molecule has 0 fully saturated rings. The number of aryl methyl sites for hydroxylation is 2. The van der Waals surface area contributed by atoms with Gasteiger partial charge in [0.15, 0.2) is 18.1 Å². The van der Waals surface area contributed by atoms with Gasteiger partial charge in [0.2, 0.25) is 5.78 Å². The van der Waals surface area contributed by atoms with Gasteiger partial charge in [-0.3, -0.25) is 4.79 Å². The Labute approximate surface area is 178 Å². The summed E-state index contributed by atoms with van der Waals surface area (Å²) in [5.74, 6) is 0.0217. The van der Waals surface area contributed by atoms with Crippen LogP contribution in [-0.4, -0.2) is 47.3 Å². The first-order chi connectivity index (χ1) is 14.3. The van der Waals surface area contributed by atoms with Crippen LogP contribution in [0.15, 0.2) is 36.4 Å². The van der Waals surface area contributed by atoms with Gasteiger partial charge in [0.25, 0.3) is 0 Å². The number of nitrogens with zero attached hydrogens (tertiary/aromatic N) is 3. The first kappa shape index (κ1) is 21.3. The van der Waals surface area contributed by atoms with Gasteiger partial charge in [0.1, 0.15) is 11.5 Å². The highest BCUT2D eigenvalue weighted by molar-refractivity contribution is 6.33. The van der Waals surface area contributed by atoms with Gasteiger partial charge in [-0.1, -0.05) is 11.6 Å². The predicted octanol–water partition coefficient (Wildman–Crippen LogP) is 3.59. The molecule has 1 aromatic carbocycles. The number of esters is 1. The summed E-state index contributed by atoms with van der Waals surface area (Å²) in [7, 11) is 2.95. The van der Waals surface area contributed by atoms with Crippen LogP contribution in [0.5, 0.6) is 11.5 Å². The number of Topliss-reactive ketones (excluding diaryl/α,β-unsaturated/α-hetero) is 1. The molecule has 0 unspecified atom stereocenters. The Morgan fingerprint density at radius 1 is 1.07 bits per heavy atom. The third kappa shape index (κ3) is 4.44. The summed E-state index contributed by atoms with van der Waals surface area (Å²) in [6.07, 6.45) is 0. The molecule has 9 heteroatoms. The number of hydrogen-bond donors (Lipinski definition) is 0. The van der Waals surface area contributed by atoms with E-state index in [9.17, 15) is 9.59 Å². The van der Waals surface area contributed by atoms with Gasteiger partial charge in [-0.15, -0.1) is 0 Å². The number of benzene rings is 1. The minimum atomic E-state index is -0.816. The number of ketones is 1. The van der Waals surface area contributed by atoms with E-state index in [2.05, 4.69) is 10.1 Å². The Kier molecular flexibility index (Phi) is 6.37. The molecule has 30 heavy (non-hydrogen) atoms. The van der Waals surface area contributed by atoms with Crippen LogP contribution in [0.3, 0.4) is 0 Å². The molecular weight excluding hydrogens is 410 g/mol. The quantitative estimate of drug-likeness (QED) is 0.418. The van der Waals surface area contributed by atoms with Crippen molar-refractivity contribution in [3.8, 4) is 17.3 Å². The van der Waals surface area contributed by atoms with Crippen LogP contribution in [0.25, 0.3) is 5.82 Å². The van der Waals surface area contributed by atoms with E-state index in [0.29, 0.717) is 17.3 Å². The predicted molar refractivity (Wildman–Crippen MR) is 110 cm³/mol. The molecule has 0 radical (unpaired) electrons. The van der Waals surface area contributed by atoms with Gasteiger partial charge in [-0.2, -0.15) is 5.10 Å². The highest BCUT2D eigenvalue weighted by atomic mass is 35.5. The molecule has 0 saturated heterocycles. The number of ether oxygens (including phenoxy) is 3. The van der Waals surface area contributed by atoms with Crippen LogP contribution in [0.1, 0.15) is 32.2 Å². The van der Waals surface area contributed by atoms with E-state index in [0.717, 1.165) is 11.4 Å². The van der Waals surface area contributed by atoms with Crippen molar-refractivity contribution in [3.05, 3.63) is 64.1 Å². The minimum Gasteiger partial charge on any atom is -0.497 e. The van der Waals surface area contributed by atoms with Gasteiger partial charge in [-0.05, 0) is 44.2 Å². The van der Waals surface area contributed by atoms with E-state index in [4.69, 9.17) is 25.8 Å². The van der Waals surface area contributed by atoms with Crippen LogP contribution in [-0.2, 0) is 4.74 Å². The number of methoxy groups -OCH3 is 2. The Morgan fingerprint density at radius 3 is 2.47 bits per heavy atom. The Bertz CT molecular complexity index is 1110. The minimum absolute atomic E-state index is 0.101. The molecule has 0 amide bonds. The zero-order valence-electron chi connectivity index (χ0n) is 16.9. The number of rotatable bonds is 7. The molecule has 0 aliphatic heterocycles. The number of halogens is 1. The SMILES string of the molecule is COc1ccc(C(=O)COC(=O)c2nc(-n3nc(C)cc3C)ccc2Cl)c(OC)c1. The molecule has 2 heterocycles. The number of carbonyl (C=O) groups is 2. The molecule has 0 bridgehead atoms. The molecule has 0 saturated carbocycles. The summed E-state index contributed by atoms with van der Waals surface area (Å²) in [6, 6.07) is 9.80. The van der Waals surface area contributed by atoms with Crippen LogP contribution in [0.4, 0.5) is 0 Å².